The van der Waals surface area contributed by atoms with Gasteiger partial charge in [0.05, 0.1) is 44.6 Å². The van der Waals surface area contributed by atoms with Gasteiger partial charge in [-0.1, -0.05) is 96.1 Å². The quantitative estimate of drug-likeness (QED) is 0.159. The number of fused-ring (bicyclic) bond motifs is 6. The molecular formula is C57H41F6N3. The van der Waals surface area contributed by atoms with Crippen molar-refractivity contribution in [2.24, 2.45) is 0 Å². The lowest BCUT2D eigenvalue weighted by Crippen LogP contribution is -2.11. The van der Waals surface area contributed by atoms with E-state index < -0.39 is 23.5 Å². The Balaban J connectivity index is 1.37. The van der Waals surface area contributed by atoms with Crippen LogP contribution in [0, 0.1) is 52.9 Å². The van der Waals surface area contributed by atoms with E-state index in [4.69, 9.17) is 0 Å². The summed E-state index contributed by atoms with van der Waals surface area (Å²) < 4.78 is 91.3. The van der Waals surface area contributed by atoms with Gasteiger partial charge in [-0.05, 0) is 152 Å². The number of benzene rings is 8. The largest absolute Gasteiger partial charge is 0.416 e. The predicted octanol–water partition coefficient (Wildman–Crippen LogP) is 16.6. The summed E-state index contributed by atoms with van der Waals surface area (Å²) in [4.78, 5) is 0. The van der Waals surface area contributed by atoms with E-state index in [1.165, 1.54) is 0 Å². The fraction of sp³-hybridized carbons (Fsp3) is 0.140. The van der Waals surface area contributed by atoms with Crippen LogP contribution in [0.3, 0.4) is 0 Å². The Hall–Kier alpha value is -7.57. The molecule has 0 aliphatic rings. The highest BCUT2D eigenvalue weighted by Gasteiger charge is 2.37. The van der Waals surface area contributed by atoms with E-state index in [9.17, 15) is 31.6 Å². The molecule has 0 radical (unpaired) electrons. The SMILES string of the molecule is Cc1cc(C)c(-c2ccc3c4ccccc4n(-c4cc(-c5cc(C(F)(F)F)cc(C(F)(F)F)c5)cc(-n5c6ccccc6c6ccc(-c7c(C)cc(C)cc7C)cc65)c4C#N)c3c2)c(C)c1. The zero-order valence-corrected chi connectivity index (χ0v) is 36.9. The first-order chi connectivity index (χ1) is 31.4. The molecule has 0 unspecified atom stereocenters. The lowest BCUT2D eigenvalue weighted by atomic mass is 9.93. The third kappa shape index (κ3) is 6.91. The molecular weight excluding hydrogens is 841 g/mol. The number of hydrogen-bond donors (Lipinski definition) is 0. The van der Waals surface area contributed by atoms with Crippen LogP contribution >= 0.6 is 0 Å². The first-order valence-electron chi connectivity index (χ1n) is 21.5. The van der Waals surface area contributed by atoms with Crippen LogP contribution in [0.1, 0.15) is 50.1 Å². The average Bonchev–Trinajstić information content (AvgIpc) is 3.76. The number of rotatable bonds is 5. The van der Waals surface area contributed by atoms with E-state index in [0.29, 0.717) is 33.4 Å². The van der Waals surface area contributed by atoms with Crippen molar-refractivity contribution in [2.75, 3.05) is 0 Å². The minimum absolute atomic E-state index is 0.0650. The Labute approximate surface area is 377 Å². The molecule has 0 bridgehead atoms. The Morgan fingerprint density at radius 2 is 0.758 bits per heavy atom. The maximum absolute atomic E-state index is 14.6. The van der Waals surface area contributed by atoms with Crippen molar-refractivity contribution in [1.29, 1.82) is 5.26 Å². The highest BCUT2D eigenvalue weighted by molar-refractivity contribution is 6.12. The van der Waals surface area contributed by atoms with Crippen LogP contribution in [-0.4, -0.2) is 9.13 Å². The van der Waals surface area contributed by atoms with Crippen molar-refractivity contribution in [2.45, 2.75) is 53.9 Å². The number of nitrogens with zero attached hydrogens (tertiary/aromatic N) is 3. The highest BCUT2D eigenvalue weighted by atomic mass is 19.4. The van der Waals surface area contributed by atoms with Crippen LogP contribution in [0.15, 0.2) is 140 Å². The van der Waals surface area contributed by atoms with Crippen LogP contribution in [0.2, 0.25) is 0 Å². The molecule has 2 aromatic heterocycles. The van der Waals surface area contributed by atoms with Gasteiger partial charge in [-0.25, -0.2) is 0 Å². The van der Waals surface area contributed by atoms with Crippen molar-refractivity contribution >= 4 is 43.6 Å². The second-order valence-electron chi connectivity index (χ2n) is 17.5. The Bertz CT molecular complexity index is 3430. The number of aryl methyl sites for hydroxylation is 6. The third-order valence-electron chi connectivity index (χ3n) is 12.9. The van der Waals surface area contributed by atoms with Crippen LogP contribution in [-0.2, 0) is 12.4 Å². The van der Waals surface area contributed by atoms with Gasteiger partial charge in [0.2, 0.25) is 0 Å². The first kappa shape index (κ1) is 42.4. The zero-order valence-electron chi connectivity index (χ0n) is 36.9. The van der Waals surface area contributed by atoms with E-state index in [2.05, 4.69) is 82.3 Å². The summed E-state index contributed by atoms with van der Waals surface area (Å²) in [6.45, 7) is 12.3. The Morgan fingerprint density at radius 1 is 0.394 bits per heavy atom. The van der Waals surface area contributed by atoms with Gasteiger partial charge in [-0.3, -0.25) is 0 Å². The van der Waals surface area contributed by atoms with Crippen LogP contribution in [0.4, 0.5) is 26.3 Å². The molecule has 0 amide bonds. The smallest absolute Gasteiger partial charge is 0.308 e. The summed E-state index contributed by atoms with van der Waals surface area (Å²) in [6.07, 6.45) is -10.2. The van der Waals surface area contributed by atoms with Gasteiger partial charge in [0.15, 0.2) is 0 Å². The molecule has 0 aliphatic carbocycles. The molecule has 326 valence electrons. The second-order valence-corrected chi connectivity index (χ2v) is 17.5. The minimum Gasteiger partial charge on any atom is -0.308 e. The predicted molar refractivity (Wildman–Crippen MR) is 255 cm³/mol. The van der Waals surface area contributed by atoms with E-state index in [1.807, 2.05) is 83.6 Å². The monoisotopic (exact) mass is 881 g/mol. The number of nitriles is 1. The lowest BCUT2D eigenvalue weighted by Gasteiger charge is -2.20. The van der Waals surface area contributed by atoms with E-state index >= 15 is 0 Å². The summed E-state index contributed by atoms with van der Waals surface area (Å²) in [5.74, 6) is 0. The molecule has 0 aliphatic heterocycles. The molecule has 2 heterocycles. The van der Waals surface area contributed by atoms with Crippen molar-refractivity contribution < 1.29 is 26.3 Å². The minimum atomic E-state index is -5.08. The summed E-state index contributed by atoms with van der Waals surface area (Å²) in [6, 6.07) is 43.4. The zero-order chi connectivity index (χ0) is 46.6. The number of para-hydroxylation sites is 2. The molecule has 8 aromatic carbocycles. The normalized spacial score (nSPS) is 12.2. The second kappa shape index (κ2) is 15.3. The van der Waals surface area contributed by atoms with Crippen LogP contribution < -0.4 is 0 Å². The van der Waals surface area contributed by atoms with E-state index in [1.54, 1.807) is 12.1 Å². The molecule has 3 nitrogen and oxygen atoms in total. The van der Waals surface area contributed by atoms with Gasteiger partial charge in [0, 0.05) is 21.5 Å². The van der Waals surface area contributed by atoms with Gasteiger partial charge in [0.25, 0.3) is 0 Å². The fourth-order valence-corrected chi connectivity index (χ4v) is 10.4. The Kier molecular flexibility index (Phi) is 9.81. The standard InChI is InChI=1S/C57H41F6N3/c1-31-19-33(3)54(34(4)20-31)37-15-17-45-43-11-7-9-13-48(43)65(50(45)25-37)52-27-40(39-23-41(56(58,59)60)29-42(24-39)57(61,62)63)28-53(47(52)30-64)66-49-14-10-8-12-44(49)46-18-16-38(26-51(46)66)55-35(5)21-32(2)22-36(55)6/h7-29H,1-6H3. The van der Waals surface area contributed by atoms with Gasteiger partial charge in [-0.15, -0.1) is 0 Å². The number of aromatic nitrogens is 2. The summed E-state index contributed by atoms with van der Waals surface area (Å²) in [5, 5.41) is 15.0. The molecule has 0 fully saturated rings. The maximum atomic E-state index is 14.6. The van der Waals surface area contributed by atoms with Gasteiger partial charge in [0.1, 0.15) is 11.6 Å². The fourth-order valence-electron chi connectivity index (χ4n) is 10.4. The van der Waals surface area contributed by atoms with Gasteiger partial charge in [-0.2, -0.15) is 31.6 Å². The van der Waals surface area contributed by atoms with E-state index in [0.717, 1.165) is 89.3 Å². The molecule has 10 aromatic rings. The summed E-state index contributed by atoms with van der Waals surface area (Å²) >= 11 is 0. The summed E-state index contributed by atoms with van der Waals surface area (Å²) in [5.41, 5.74) is 10.9. The van der Waals surface area contributed by atoms with Crippen molar-refractivity contribution in [3.8, 4) is 50.8 Å². The molecule has 66 heavy (non-hydrogen) atoms. The summed E-state index contributed by atoms with van der Waals surface area (Å²) in [7, 11) is 0. The molecule has 0 saturated heterocycles. The molecule has 0 atom stereocenters. The number of alkyl halides is 6. The average molecular weight is 882 g/mol. The number of halogens is 6. The number of hydrogen-bond acceptors (Lipinski definition) is 1. The maximum Gasteiger partial charge on any atom is 0.416 e. The van der Waals surface area contributed by atoms with E-state index in [-0.39, 0.29) is 22.8 Å². The molecule has 0 spiro atoms. The molecule has 9 heteroatoms. The van der Waals surface area contributed by atoms with Crippen molar-refractivity contribution in [1.82, 2.24) is 9.13 Å². The molecule has 0 N–H and O–H groups in total. The molecule has 0 saturated carbocycles. The van der Waals surface area contributed by atoms with Crippen molar-refractivity contribution in [3.05, 3.63) is 190 Å². The van der Waals surface area contributed by atoms with Crippen LogP contribution in [0.5, 0.6) is 0 Å². The van der Waals surface area contributed by atoms with Gasteiger partial charge >= 0.3 is 12.4 Å². The van der Waals surface area contributed by atoms with Crippen molar-refractivity contribution in [3.63, 3.8) is 0 Å². The first-order valence-corrected chi connectivity index (χ1v) is 21.5. The molecule has 10 rings (SSSR count). The van der Waals surface area contributed by atoms with Crippen LogP contribution in [0.25, 0.3) is 88.4 Å². The Morgan fingerprint density at radius 3 is 1.14 bits per heavy atom. The third-order valence-corrected chi connectivity index (χ3v) is 12.9. The highest BCUT2D eigenvalue weighted by Crippen LogP contribution is 2.45. The lowest BCUT2D eigenvalue weighted by molar-refractivity contribution is -0.143. The van der Waals surface area contributed by atoms with Gasteiger partial charge < -0.3 is 9.13 Å². The topological polar surface area (TPSA) is 33.6 Å².